The summed E-state index contributed by atoms with van der Waals surface area (Å²) in [5.74, 6) is -0.296. The van der Waals surface area contributed by atoms with E-state index in [4.69, 9.17) is 4.74 Å². The van der Waals surface area contributed by atoms with Gasteiger partial charge in [-0.3, -0.25) is 0 Å². The first kappa shape index (κ1) is 20.3. The van der Waals surface area contributed by atoms with Crippen molar-refractivity contribution in [1.82, 2.24) is 5.32 Å². The van der Waals surface area contributed by atoms with Crippen molar-refractivity contribution in [3.05, 3.63) is 0 Å². The fraction of sp³-hybridized carbons (Fsp3) is 0.833. The molecule has 0 aromatic rings. The van der Waals surface area contributed by atoms with Crippen LogP contribution in [0.2, 0.25) is 0 Å². The first-order valence-corrected chi connectivity index (χ1v) is 6.14. The summed E-state index contributed by atoms with van der Waals surface area (Å²) >= 11 is 0. The number of rotatable bonds is 6. The van der Waals surface area contributed by atoms with E-state index >= 15 is 0 Å². The molecule has 0 heterocycles. The van der Waals surface area contributed by atoms with Crippen molar-refractivity contribution >= 4 is 12.1 Å². The average Bonchev–Trinajstić information content (AvgIpc) is 2.24. The molecule has 0 aromatic heterocycles. The van der Waals surface area contributed by atoms with Gasteiger partial charge in [0.15, 0.2) is 6.04 Å². The molecule has 0 spiro atoms. The Labute approximate surface area is 120 Å². The van der Waals surface area contributed by atoms with E-state index in [9.17, 15) is 9.59 Å². The van der Waals surface area contributed by atoms with E-state index < -0.39 is 11.7 Å². The van der Waals surface area contributed by atoms with Crippen LogP contribution in [0.15, 0.2) is 0 Å². The number of amides is 1. The topological polar surface area (TPSA) is 92.3 Å². The zero-order valence-electron chi connectivity index (χ0n) is 12.1. The molecule has 0 rings (SSSR count). The van der Waals surface area contributed by atoms with E-state index in [0.717, 1.165) is 12.8 Å². The van der Waals surface area contributed by atoms with Crippen molar-refractivity contribution in [2.24, 2.45) is 0 Å². The highest BCUT2D eigenvalue weighted by molar-refractivity contribution is 5.73. The van der Waals surface area contributed by atoms with Crippen molar-refractivity contribution < 1.29 is 37.2 Å². The quantitative estimate of drug-likeness (QED) is 0.418. The van der Waals surface area contributed by atoms with E-state index in [1.165, 1.54) is 7.11 Å². The molecular weight excluding hydrogens is 272 g/mol. The van der Waals surface area contributed by atoms with E-state index in [0.29, 0.717) is 13.0 Å². The SMILES string of the molecule is COC(=O)[C@@H]([NH3+])CCCCNC(=O)OC(C)(C)C.[Cl-]. The van der Waals surface area contributed by atoms with Crippen molar-refractivity contribution in [1.29, 1.82) is 0 Å². The van der Waals surface area contributed by atoms with Gasteiger partial charge in [0.25, 0.3) is 0 Å². The Morgan fingerprint density at radius 3 is 2.32 bits per heavy atom. The van der Waals surface area contributed by atoms with Crippen LogP contribution >= 0.6 is 0 Å². The molecule has 0 aliphatic carbocycles. The van der Waals surface area contributed by atoms with Crippen molar-refractivity contribution in [2.75, 3.05) is 13.7 Å². The van der Waals surface area contributed by atoms with Gasteiger partial charge in [-0.05, 0) is 33.6 Å². The van der Waals surface area contributed by atoms with Gasteiger partial charge in [0.1, 0.15) is 5.60 Å². The number of ether oxygens (including phenoxy) is 2. The molecule has 0 aromatic carbocycles. The normalized spacial score (nSPS) is 12.1. The van der Waals surface area contributed by atoms with Gasteiger partial charge in [-0.1, -0.05) is 0 Å². The molecule has 1 atom stereocenters. The summed E-state index contributed by atoms with van der Waals surface area (Å²) in [6, 6.07) is -0.337. The molecule has 6 nitrogen and oxygen atoms in total. The molecule has 0 radical (unpaired) electrons. The minimum atomic E-state index is -0.479. The van der Waals surface area contributed by atoms with Gasteiger partial charge in [-0.15, -0.1) is 0 Å². The van der Waals surface area contributed by atoms with Crippen molar-refractivity contribution in [2.45, 2.75) is 51.7 Å². The zero-order chi connectivity index (χ0) is 14.2. The van der Waals surface area contributed by atoms with Gasteiger partial charge in [0.2, 0.25) is 0 Å². The van der Waals surface area contributed by atoms with Crippen molar-refractivity contribution in [3.8, 4) is 0 Å². The molecular formula is C12H25ClN2O4. The number of carbonyl (C=O) groups excluding carboxylic acids is 2. The maximum absolute atomic E-state index is 11.3. The Balaban J connectivity index is 0. The van der Waals surface area contributed by atoms with Crippen LogP contribution < -0.4 is 23.5 Å². The highest BCUT2D eigenvalue weighted by atomic mass is 35.5. The van der Waals surface area contributed by atoms with Crippen LogP contribution in [-0.2, 0) is 14.3 Å². The number of nitrogens with one attached hydrogen (secondary N) is 1. The highest BCUT2D eigenvalue weighted by Crippen LogP contribution is 2.06. The Morgan fingerprint density at radius 2 is 1.84 bits per heavy atom. The molecule has 0 saturated carbocycles. The van der Waals surface area contributed by atoms with Crippen LogP contribution in [0.5, 0.6) is 0 Å². The molecule has 0 saturated heterocycles. The number of carbonyl (C=O) groups is 2. The summed E-state index contributed by atoms with van der Waals surface area (Å²) < 4.78 is 9.66. The third kappa shape index (κ3) is 11.8. The molecule has 1 amide bonds. The molecule has 19 heavy (non-hydrogen) atoms. The Kier molecular flexibility index (Phi) is 10.5. The monoisotopic (exact) mass is 296 g/mol. The average molecular weight is 297 g/mol. The van der Waals surface area contributed by atoms with Crippen LogP contribution in [0.4, 0.5) is 4.79 Å². The molecule has 0 aliphatic rings. The zero-order valence-corrected chi connectivity index (χ0v) is 12.9. The highest BCUT2D eigenvalue weighted by Gasteiger charge is 2.17. The number of unbranched alkanes of at least 4 members (excludes halogenated alkanes) is 1. The second-order valence-corrected chi connectivity index (χ2v) is 5.14. The molecule has 0 aliphatic heterocycles. The predicted octanol–water partition coefficient (Wildman–Crippen LogP) is -2.53. The number of alkyl carbamates (subject to hydrolysis) is 1. The summed E-state index contributed by atoms with van der Waals surface area (Å²) in [7, 11) is 1.35. The third-order valence-corrected chi connectivity index (χ3v) is 2.18. The van der Waals surface area contributed by atoms with Gasteiger partial charge in [-0.25, -0.2) is 9.59 Å². The lowest BCUT2D eigenvalue weighted by molar-refractivity contribution is -0.409. The fourth-order valence-electron chi connectivity index (χ4n) is 1.30. The summed E-state index contributed by atoms with van der Waals surface area (Å²) in [4.78, 5) is 22.4. The second kappa shape index (κ2) is 9.86. The van der Waals surface area contributed by atoms with Gasteiger partial charge in [0, 0.05) is 13.0 Å². The Morgan fingerprint density at radius 1 is 1.26 bits per heavy atom. The van der Waals surface area contributed by atoms with E-state index in [-0.39, 0.29) is 24.4 Å². The van der Waals surface area contributed by atoms with E-state index in [1.54, 1.807) is 0 Å². The largest absolute Gasteiger partial charge is 1.00 e. The number of methoxy groups -OCH3 is 1. The van der Waals surface area contributed by atoms with Crippen LogP contribution in [-0.4, -0.2) is 37.4 Å². The molecule has 0 fully saturated rings. The maximum atomic E-state index is 11.3. The maximum Gasteiger partial charge on any atom is 0.407 e. The van der Waals surface area contributed by atoms with Gasteiger partial charge in [-0.2, -0.15) is 0 Å². The minimum absolute atomic E-state index is 0. The standard InChI is InChI=1S/C12H24N2O4.ClH/c1-12(2,3)18-11(16)14-8-6-5-7-9(13)10(15)17-4;/h9H,5-8,13H2,1-4H3,(H,14,16);1H/t9-;/m0./s1. The molecule has 0 unspecified atom stereocenters. The number of hydrogen-bond donors (Lipinski definition) is 2. The molecule has 0 bridgehead atoms. The second-order valence-electron chi connectivity index (χ2n) is 5.14. The van der Waals surface area contributed by atoms with Crippen molar-refractivity contribution in [3.63, 3.8) is 0 Å². The lowest BCUT2D eigenvalue weighted by atomic mass is 10.1. The lowest BCUT2D eigenvalue weighted by Crippen LogP contribution is -3.00. The van der Waals surface area contributed by atoms with Crippen LogP contribution in [0.25, 0.3) is 0 Å². The molecule has 4 N–H and O–H groups in total. The van der Waals surface area contributed by atoms with Crippen LogP contribution in [0, 0.1) is 0 Å². The lowest BCUT2D eigenvalue weighted by Gasteiger charge is -2.19. The summed E-state index contributed by atoms with van der Waals surface area (Å²) in [6.45, 7) is 5.98. The van der Waals surface area contributed by atoms with Gasteiger partial charge in [0.05, 0.1) is 7.11 Å². The molecule has 114 valence electrons. The van der Waals surface area contributed by atoms with Crippen LogP contribution in [0.3, 0.4) is 0 Å². The summed E-state index contributed by atoms with van der Waals surface area (Å²) in [6.07, 6.45) is 1.82. The first-order valence-electron chi connectivity index (χ1n) is 6.14. The number of hydrogen-bond acceptors (Lipinski definition) is 4. The summed E-state index contributed by atoms with van der Waals surface area (Å²) in [5, 5.41) is 2.66. The number of halogens is 1. The fourth-order valence-corrected chi connectivity index (χ4v) is 1.30. The van der Waals surface area contributed by atoms with E-state index in [1.807, 2.05) is 20.8 Å². The predicted molar refractivity (Wildman–Crippen MR) is 66.8 cm³/mol. The number of esters is 1. The molecule has 7 heteroatoms. The third-order valence-electron chi connectivity index (χ3n) is 2.18. The first-order chi connectivity index (χ1) is 8.26. The Hall–Kier alpha value is -1.01. The minimum Gasteiger partial charge on any atom is -1.00 e. The summed E-state index contributed by atoms with van der Waals surface area (Å²) in [5.41, 5.74) is 3.22. The van der Waals surface area contributed by atoms with Gasteiger partial charge < -0.3 is 32.9 Å². The smallest absolute Gasteiger partial charge is 0.407 e. The van der Waals surface area contributed by atoms with Crippen LogP contribution in [0.1, 0.15) is 40.0 Å². The number of quaternary nitrogens is 1. The van der Waals surface area contributed by atoms with E-state index in [2.05, 4.69) is 15.8 Å². The Bertz CT molecular complexity index is 279. The van der Waals surface area contributed by atoms with Gasteiger partial charge >= 0.3 is 12.1 Å².